The lowest BCUT2D eigenvalue weighted by atomic mass is 9.95. The van der Waals surface area contributed by atoms with Gasteiger partial charge in [-0.3, -0.25) is 9.59 Å². The Morgan fingerprint density at radius 3 is 2.84 bits per heavy atom. The average Bonchev–Trinajstić information content (AvgIpc) is 3.02. The Morgan fingerprint density at radius 2 is 2.12 bits per heavy atom. The maximum absolute atomic E-state index is 12.7. The van der Waals surface area contributed by atoms with E-state index in [2.05, 4.69) is 14.9 Å². The molecule has 4 rings (SSSR count). The number of carbonyl (C=O) groups excluding carboxylic acids is 1. The van der Waals surface area contributed by atoms with Crippen molar-refractivity contribution in [2.75, 3.05) is 18.0 Å². The fraction of sp³-hybridized carbons (Fsp3) is 0.444. The standard InChI is InChI=1S/C18H21N5O2/c1-12-5-17(24)21(2)15-10-23(9-14(12)15)18(25)6-13-7-22(8-13)16-3-4-19-11-20-16/h3-5,11,13H,6-10H2,1-2H3. The molecule has 130 valence electrons. The van der Waals surface area contributed by atoms with E-state index in [1.165, 1.54) is 0 Å². The van der Waals surface area contributed by atoms with Crippen LogP contribution in [0.2, 0.25) is 0 Å². The van der Waals surface area contributed by atoms with Crippen LogP contribution in [-0.4, -0.2) is 38.4 Å². The molecule has 0 saturated carbocycles. The number of pyridine rings is 1. The van der Waals surface area contributed by atoms with Crippen molar-refractivity contribution >= 4 is 11.7 Å². The summed E-state index contributed by atoms with van der Waals surface area (Å²) in [4.78, 5) is 36.8. The average molecular weight is 339 g/mol. The van der Waals surface area contributed by atoms with Crippen molar-refractivity contribution < 1.29 is 4.79 Å². The first-order valence-corrected chi connectivity index (χ1v) is 8.50. The van der Waals surface area contributed by atoms with E-state index in [0.29, 0.717) is 25.4 Å². The lowest BCUT2D eigenvalue weighted by Crippen LogP contribution is -2.49. The number of nitrogens with zero attached hydrogens (tertiary/aromatic N) is 5. The smallest absolute Gasteiger partial charge is 0.250 e. The number of carbonyl (C=O) groups is 1. The quantitative estimate of drug-likeness (QED) is 0.829. The first kappa shape index (κ1) is 15.8. The molecule has 0 unspecified atom stereocenters. The molecule has 25 heavy (non-hydrogen) atoms. The van der Waals surface area contributed by atoms with Crippen molar-refractivity contribution in [1.29, 1.82) is 0 Å². The van der Waals surface area contributed by atoms with E-state index >= 15 is 0 Å². The molecule has 0 N–H and O–H groups in total. The highest BCUT2D eigenvalue weighted by atomic mass is 16.2. The number of rotatable bonds is 3. The van der Waals surface area contributed by atoms with Crippen LogP contribution in [0.4, 0.5) is 5.82 Å². The Balaban J connectivity index is 1.37. The summed E-state index contributed by atoms with van der Waals surface area (Å²) in [5.74, 6) is 1.43. The van der Waals surface area contributed by atoms with Gasteiger partial charge in [0, 0.05) is 57.0 Å². The molecule has 0 atom stereocenters. The Bertz CT molecular complexity index is 871. The Morgan fingerprint density at radius 1 is 1.32 bits per heavy atom. The van der Waals surface area contributed by atoms with Gasteiger partial charge in [0.15, 0.2) is 0 Å². The van der Waals surface area contributed by atoms with Crippen LogP contribution in [0.3, 0.4) is 0 Å². The highest BCUT2D eigenvalue weighted by Crippen LogP contribution is 2.28. The molecule has 1 fully saturated rings. The van der Waals surface area contributed by atoms with Gasteiger partial charge in [-0.2, -0.15) is 0 Å². The van der Waals surface area contributed by atoms with Crippen LogP contribution >= 0.6 is 0 Å². The van der Waals surface area contributed by atoms with Crippen molar-refractivity contribution in [2.45, 2.75) is 26.4 Å². The van der Waals surface area contributed by atoms with Crippen molar-refractivity contribution in [2.24, 2.45) is 13.0 Å². The lowest BCUT2D eigenvalue weighted by Gasteiger charge is -2.40. The maximum Gasteiger partial charge on any atom is 0.250 e. The second kappa shape index (κ2) is 5.98. The predicted molar refractivity (Wildman–Crippen MR) is 93.0 cm³/mol. The largest absolute Gasteiger partial charge is 0.356 e. The van der Waals surface area contributed by atoms with Gasteiger partial charge in [-0.25, -0.2) is 9.97 Å². The van der Waals surface area contributed by atoms with Crippen LogP contribution in [-0.2, 0) is 24.9 Å². The van der Waals surface area contributed by atoms with Crippen LogP contribution in [0, 0.1) is 12.8 Å². The minimum Gasteiger partial charge on any atom is -0.356 e. The summed E-state index contributed by atoms with van der Waals surface area (Å²) in [5, 5.41) is 0. The zero-order chi connectivity index (χ0) is 17.6. The van der Waals surface area contributed by atoms with Crippen LogP contribution in [0.5, 0.6) is 0 Å². The first-order chi connectivity index (χ1) is 12.0. The summed E-state index contributed by atoms with van der Waals surface area (Å²) in [7, 11) is 1.78. The van der Waals surface area contributed by atoms with E-state index in [9.17, 15) is 9.59 Å². The van der Waals surface area contributed by atoms with E-state index in [1.54, 1.807) is 30.2 Å². The number of anilines is 1. The van der Waals surface area contributed by atoms with Crippen LogP contribution < -0.4 is 10.5 Å². The van der Waals surface area contributed by atoms with Gasteiger partial charge in [0.25, 0.3) is 5.56 Å². The monoisotopic (exact) mass is 339 g/mol. The van der Waals surface area contributed by atoms with E-state index in [1.807, 2.05) is 17.9 Å². The minimum atomic E-state index is -0.00923. The summed E-state index contributed by atoms with van der Waals surface area (Å²) >= 11 is 0. The van der Waals surface area contributed by atoms with Crippen molar-refractivity contribution in [3.8, 4) is 0 Å². The zero-order valence-electron chi connectivity index (χ0n) is 14.5. The second-order valence-corrected chi connectivity index (χ2v) is 6.94. The number of hydrogen-bond acceptors (Lipinski definition) is 5. The van der Waals surface area contributed by atoms with Crippen LogP contribution in [0.15, 0.2) is 29.5 Å². The molecule has 0 radical (unpaired) electrons. The molecule has 7 heteroatoms. The van der Waals surface area contributed by atoms with Gasteiger partial charge >= 0.3 is 0 Å². The Hall–Kier alpha value is -2.70. The summed E-state index contributed by atoms with van der Waals surface area (Å²) in [5.41, 5.74) is 3.05. The number of aryl methyl sites for hydroxylation is 1. The number of hydrogen-bond donors (Lipinski definition) is 0. The lowest BCUT2D eigenvalue weighted by molar-refractivity contribution is -0.133. The molecule has 0 aliphatic carbocycles. The van der Waals surface area contributed by atoms with Crippen LogP contribution in [0.25, 0.3) is 0 Å². The van der Waals surface area contributed by atoms with Gasteiger partial charge in [-0.1, -0.05) is 0 Å². The SMILES string of the molecule is Cc1cc(=O)n(C)c2c1CN(C(=O)CC1CN(c3ccncn3)C1)C2. The third-order valence-electron chi connectivity index (χ3n) is 5.25. The maximum atomic E-state index is 12.7. The van der Waals surface area contributed by atoms with Gasteiger partial charge in [-0.15, -0.1) is 0 Å². The van der Waals surface area contributed by atoms with Gasteiger partial charge in [-0.05, 0) is 24.1 Å². The second-order valence-electron chi connectivity index (χ2n) is 6.94. The van der Waals surface area contributed by atoms with E-state index in [0.717, 1.165) is 35.7 Å². The number of aromatic nitrogens is 3. The first-order valence-electron chi connectivity index (χ1n) is 8.50. The Kier molecular flexibility index (Phi) is 3.78. The van der Waals surface area contributed by atoms with Gasteiger partial charge in [0.1, 0.15) is 12.1 Å². The molecule has 2 aromatic rings. The predicted octanol–water partition coefficient (Wildman–Crippen LogP) is 0.852. The number of fused-ring (bicyclic) bond motifs is 1. The third kappa shape index (κ3) is 2.79. The van der Waals surface area contributed by atoms with Crippen molar-refractivity contribution in [1.82, 2.24) is 19.4 Å². The molecule has 7 nitrogen and oxygen atoms in total. The molecule has 0 spiro atoms. The van der Waals surface area contributed by atoms with Crippen molar-refractivity contribution in [3.63, 3.8) is 0 Å². The molecule has 2 aliphatic heterocycles. The minimum absolute atomic E-state index is 0.00923. The highest BCUT2D eigenvalue weighted by Gasteiger charge is 2.33. The van der Waals surface area contributed by atoms with E-state index in [-0.39, 0.29) is 11.5 Å². The third-order valence-corrected chi connectivity index (χ3v) is 5.25. The highest BCUT2D eigenvalue weighted by molar-refractivity contribution is 5.77. The topological polar surface area (TPSA) is 71.3 Å². The van der Waals surface area contributed by atoms with Gasteiger partial charge in [0.2, 0.25) is 5.91 Å². The zero-order valence-corrected chi connectivity index (χ0v) is 14.5. The molecule has 0 aromatic carbocycles. The fourth-order valence-corrected chi connectivity index (χ4v) is 3.69. The van der Waals surface area contributed by atoms with Gasteiger partial charge in [0.05, 0.1) is 6.54 Å². The molecule has 2 aromatic heterocycles. The molecule has 2 aliphatic rings. The molecule has 4 heterocycles. The summed E-state index contributed by atoms with van der Waals surface area (Å²) < 4.78 is 1.66. The summed E-state index contributed by atoms with van der Waals surface area (Å²) in [6.07, 6.45) is 3.82. The molecular weight excluding hydrogens is 318 g/mol. The normalized spacial score (nSPS) is 16.7. The summed E-state index contributed by atoms with van der Waals surface area (Å²) in [6, 6.07) is 3.54. The molecule has 1 saturated heterocycles. The molecule has 0 bridgehead atoms. The fourth-order valence-electron chi connectivity index (χ4n) is 3.69. The molecule has 1 amide bonds. The number of amides is 1. The van der Waals surface area contributed by atoms with Gasteiger partial charge < -0.3 is 14.4 Å². The molecular formula is C18H21N5O2. The summed E-state index contributed by atoms with van der Waals surface area (Å²) in [6.45, 7) is 4.78. The van der Waals surface area contributed by atoms with E-state index < -0.39 is 0 Å². The van der Waals surface area contributed by atoms with Crippen molar-refractivity contribution in [3.05, 3.63) is 51.8 Å². The van der Waals surface area contributed by atoms with E-state index in [4.69, 9.17) is 0 Å². The van der Waals surface area contributed by atoms with Crippen LogP contribution in [0.1, 0.15) is 23.2 Å². The Labute approximate surface area is 145 Å².